The Kier molecular flexibility index (Phi) is 8.32. The van der Waals surface area contributed by atoms with Crippen LogP contribution in [0.15, 0.2) is 72.8 Å². The molecule has 0 bridgehead atoms. The molecule has 3 aromatic carbocycles. The Morgan fingerprint density at radius 2 is 1.49 bits per heavy atom. The SMILES string of the molecule is CCN(CC)CCN(C(=O)CC(c1ccccc1)c1ccccc1)c1nc2c(C)cc(C)cc2s1. The summed E-state index contributed by atoms with van der Waals surface area (Å²) in [5, 5.41) is 0.797. The number of carbonyl (C=O) groups excluding carboxylic acids is 1. The molecule has 0 aliphatic rings. The molecule has 0 saturated heterocycles. The summed E-state index contributed by atoms with van der Waals surface area (Å²) in [7, 11) is 0. The van der Waals surface area contributed by atoms with Crippen molar-refractivity contribution in [3.8, 4) is 0 Å². The van der Waals surface area contributed by atoms with Crippen molar-refractivity contribution < 1.29 is 4.79 Å². The number of aryl methyl sites for hydroxylation is 2. The second-order valence-corrected chi connectivity index (χ2v) is 10.1. The van der Waals surface area contributed by atoms with Gasteiger partial charge in [0.1, 0.15) is 0 Å². The van der Waals surface area contributed by atoms with Gasteiger partial charge in [-0.25, -0.2) is 4.98 Å². The van der Waals surface area contributed by atoms with E-state index in [1.807, 2.05) is 41.3 Å². The van der Waals surface area contributed by atoms with Crippen molar-refractivity contribution in [1.82, 2.24) is 9.88 Å². The number of likely N-dealkylation sites (N-methyl/N-ethyl adjacent to an activating group) is 1. The fourth-order valence-electron chi connectivity index (χ4n) is 4.67. The molecule has 0 unspecified atom stereocenters. The highest BCUT2D eigenvalue weighted by Crippen LogP contribution is 2.34. The van der Waals surface area contributed by atoms with Gasteiger partial charge < -0.3 is 4.90 Å². The number of anilines is 1. The molecule has 0 saturated carbocycles. The van der Waals surface area contributed by atoms with Crippen LogP contribution in [0.25, 0.3) is 10.2 Å². The summed E-state index contributed by atoms with van der Waals surface area (Å²) >= 11 is 1.62. The third kappa shape index (κ3) is 5.98. The first-order valence-electron chi connectivity index (χ1n) is 12.5. The number of fused-ring (bicyclic) bond motifs is 1. The van der Waals surface area contributed by atoms with Crippen molar-refractivity contribution in [1.29, 1.82) is 0 Å². The maximum Gasteiger partial charge on any atom is 0.229 e. The van der Waals surface area contributed by atoms with Crippen molar-refractivity contribution >= 4 is 32.6 Å². The van der Waals surface area contributed by atoms with E-state index in [1.165, 1.54) is 5.56 Å². The van der Waals surface area contributed by atoms with Gasteiger partial charge in [-0.3, -0.25) is 9.69 Å². The Morgan fingerprint density at radius 1 is 0.886 bits per heavy atom. The van der Waals surface area contributed by atoms with Crippen LogP contribution >= 0.6 is 11.3 Å². The van der Waals surface area contributed by atoms with Gasteiger partial charge in [0.05, 0.1) is 10.2 Å². The molecule has 0 aliphatic heterocycles. The lowest BCUT2D eigenvalue weighted by Crippen LogP contribution is -2.39. The molecular weight excluding hydrogens is 450 g/mol. The standard InChI is InChI=1S/C30H35N3OS/c1-5-32(6-2)17-18-33(30-31-29-23(4)19-22(3)20-27(29)35-30)28(34)21-26(24-13-9-7-10-14-24)25-15-11-8-12-16-25/h7-16,19-20,26H,5-6,17-18,21H2,1-4H3. The molecule has 0 fully saturated rings. The molecule has 4 rings (SSSR count). The van der Waals surface area contributed by atoms with Crippen LogP contribution in [0.2, 0.25) is 0 Å². The number of carbonyl (C=O) groups is 1. The highest BCUT2D eigenvalue weighted by atomic mass is 32.1. The molecule has 182 valence electrons. The van der Waals surface area contributed by atoms with E-state index in [1.54, 1.807) is 11.3 Å². The summed E-state index contributed by atoms with van der Waals surface area (Å²) in [6, 6.07) is 25.1. The zero-order valence-electron chi connectivity index (χ0n) is 21.2. The number of nitrogens with zero attached hydrogens (tertiary/aromatic N) is 3. The van der Waals surface area contributed by atoms with Gasteiger partial charge in [0.15, 0.2) is 5.13 Å². The second kappa shape index (κ2) is 11.6. The van der Waals surface area contributed by atoms with Crippen LogP contribution < -0.4 is 4.90 Å². The van der Waals surface area contributed by atoms with Gasteiger partial charge in [-0.05, 0) is 55.3 Å². The molecule has 1 heterocycles. The summed E-state index contributed by atoms with van der Waals surface area (Å²) in [6.07, 6.45) is 0.403. The Bertz CT molecular complexity index is 1210. The highest BCUT2D eigenvalue weighted by molar-refractivity contribution is 7.22. The maximum absolute atomic E-state index is 14.0. The summed E-state index contributed by atoms with van der Waals surface area (Å²) in [5.74, 6) is 0.113. The van der Waals surface area contributed by atoms with E-state index in [9.17, 15) is 4.79 Å². The van der Waals surface area contributed by atoms with Crippen LogP contribution in [0.3, 0.4) is 0 Å². The lowest BCUT2D eigenvalue weighted by Gasteiger charge is -2.26. The van der Waals surface area contributed by atoms with Gasteiger partial charge in [-0.15, -0.1) is 0 Å². The third-order valence-corrected chi connectivity index (χ3v) is 7.69. The van der Waals surface area contributed by atoms with E-state index < -0.39 is 0 Å². The minimum absolute atomic E-state index is 0.000729. The molecule has 4 aromatic rings. The number of rotatable bonds is 10. The van der Waals surface area contributed by atoms with Gasteiger partial charge in [-0.2, -0.15) is 0 Å². The topological polar surface area (TPSA) is 36.4 Å². The fourth-order valence-corrected chi connectivity index (χ4v) is 5.85. The Labute approximate surface area is 213 Å². The lowest BCUT2D eigenvalue weighted by molar-refractivity contribution is -0.118. The van der Waals surface area contributed by atoms with E-state index in [0.717, 1.165) is 51.7 Å². The average Bonchev–Trinajstić information content (AvgIpc) is 3.30. The number of hydrogen-bond acceptors (Lipinski definition) is 4. The van der Waals surface area contributed by atoms with Crippen LogP contribution in [0, 0.1) is 13.8 Å². The minimum atomic E-state index is -0.000729. The predicted octanol–water partition coefficient (Wildman–Crippen LogP) is 6.81. The molecule has 0 radical (unpaired) electrons. The molecule has 0 atom stereocenters. The largest absolute Gasteiger partial charge is 0.302 e. The van der Waals surface area contributed by atoms with Crippen molar-refractivity contribution in [2.24, 2.45) is 0 Å². The Hall–Kier alpha value is -3.02. The van der Waals surface area contributed by atoms with Gasteiger partial charge in [-0.1, -0.05) is 91.9 Å². The van der Waals surface area contributed by atoms with Crippen molar-refractivity contribution in [3.63, 3.8) is 0 Å². The molecule has 35 heavy (non-hydrogen) atoms. The minimum Gasteiger partial charge on any atom is -0.302 e. The zero-order valence-corrected chi connectivity index (χ0v) is 22.0. The first-order valence-corrected chi connectivity index (χ1v) is 13.3. The van der Waals surface area contributed by atoms with Crippen molar-refractivity contribution in [2.75, 3.05) is 31.1 Å². The van der Waals surface area contributed by atoms with Crippen molar-refractivity contribution in [2.45, 2.75) is 40.0 Å². The Morgan fingerprint density at radius 3 is 2.06 bits per heavy atom. The van der Waals surface area contributed by atoms with Gasteiger partial charge in [0.25, 0.3) is 0 Å². The zero-order chi connectivity index (χ0) is 24.8. The summed E-state index contributed by atoms with van der Waals surface area (Å²) in [4.78, 5) is 23.2. The quantitative estimate of drug-likeness (QED) is 0.248. The smallest absolute Gasteiger partial charge is 0.229 e. The van der Waals surface area contributed by atoms with Crippen LogP contribution in [0.4, 0.5) is 5.13 Å². The summed E-state index contributed by atoms with van der Waals surface area (Å²) in [5.41, 5.74) is 5.70. The van der Waals surface area contributed by atoms with Crippen molar-refractivity contribution in [3.05, 3.63) is 95.1 Å². The predicted molar refractivity (Wildman–Crippen MR) is 149 cm³/mol. The van der Waals surface area contributed by atoms with E-state index in [-0.39, 0.29) is 11.8 Å². The highest BCUT2D eigenvalue weighted by Gasteiger charge is 2.25. The van der Waals surface area contributed by atoms with Gasteiger partial charge in [0.2, 0.25) is 5.91 Å². The average molecular weight is 486 g/mol. The van der Waals surface area contributed by atoms with E-state index in [2.05, 4.69) is 69.0 Å². The third-order valence-electron chi connectivity index (χ3n) is 6.67. The molecule has 4 nitrogen and oxygen atoms in total. The molecule has 5 heteroatoms. The van der Waals surface area contributed by atoms with E-state index in [0.29, 0.717) is 13.0 Å². The van der Waals surface area contributed by atoms with Crippen LogP contribution in [-0.2, 0) is 4.79 Å². The molecular formula is C30H35N3OS. The molecule has 0 N–H and O–H groups in total. The lowest BCUT2D eigenvalue weighted by atomic mass is 9.88. The maximum atomic E-state index is 14.0. The number of aromatic nitrogens is 1. The summed E-state index contributed by atoms with van der Waals surface area (Å²) < 4.78 is 1.14. The second-order valence-electron chi connectivity index (χ2n) is 9.08. The first-order chi connectivity index (χ1) is 17.0. The van der Waals surface area contributed by atoms with Crippen LogP contribution in [0.5, 0.6) is 0 Å². The number of benzene rings is 3. The monoisotopic (exact) mass is 485 g/mol. The molecule has 0 spiro atoms. The Balaban J connectivity index is 1.69. The number of thiazole rings is 1. The van der Waals surface area contributed by atoms with E-state index in [4.69, 9.17) is 4.98 Å². The van der Waals surface area contributed by atoms with Crippen LogP contribution in [0.1, 0.15) is 48.4 Å². The number of hydrogen-bond donors (Lipinski definition) is 0. The number of amides is 1. The molecule has 1 amide bonds. The first kappa shape index (κ1) is 25.1. The van der Waals surface area contributed by atoms with E-state index >= 15 is 0 Å². The molecule has 0 aliphatic carbocycles. The normalized spacial score (nSPS) is 11.5. The fraction of sp³-hybridized carbons (Fsp3) is 0.333. The van der Waals surface area contributed by atoms with Crippen LogP contribution in [-0.4, -0.2) is 42.0 Å². The summed E-state index contributed by atoms with van der Waals surface area (Å²) in [6.45, 7) is 11.9. The molecule has 1 aromatic heterocycles. The van der Waals surface area contributed by atoms with Gasteiger partial charge in [0, 0.05) is 25.4 Å². The van der Waals surface area contributed by atoms with Gasteiger partial charge >= 0.3 is 0 Å².